The molecule has 2 N–H and O–H groups in total. The second-order valence-corrected chi connectivity index (χ2v) is 8.31. The average molecular weight is 490 g/mol. The summed E-state index contributed by atoms with van der Waals surface area (Å²) in [6, 6.07) is 17.3. The van der Waals surface area contributed by atoms with Crippen LogP contribution in [0.5, 0.6) is 0 Å². The van der Waals surface area contributed by atoms with Crippen molar-refractivity contribution in [1.82, 2.24) is 20.3 Å². The van der Waals surface area contributed by atoms with Gasteiger partial charge in [0.2, 0.25) is 0 Å². The number of alkyl carbamates (subject to hydrolysis) is 1. The molecule has 0 unspecified atom stereocenters. The molecule has 0 fully saturated rings. The van der Waals surface area contributed by atoms with E-state index in [4.69, 9.17) is 4.74 Å². The molecular weight excluding hydrogens is 470 g/mol. The molecule has 1 heterocycles. The Bertz CT molecular complexity index is 1410. The lowest BCUT2D eigenvalue weighted by Crippen LogP contribution is -2.44. The van der Waals surface area contributed by atoms with Crippen LogP contribution < -0.4 is 5.32 Å². The van der Waals surface area contributed by atoms with Crippen molar-refractivity contribution < 1.29 is 28.2 Å². The minimum absolute atomic E-state index is 0.0130. The molecule has 8 nitrogen and oxygen atoms in total. The van der Waals surface area contributed by atoms with Gasteiger partial charge in [0, 0.05) is 17.5 Å². The standard InChI is InChI=1S/C26H20F2N4O4/c27-15-9-10-20(22(28)11-15)23-12-32(31-30-23)13-24(25(33)34)29-26(35)36-14-21-18-7-3-1-5-16(18)17-6-2-4-8-19(17)21/h1-12,21,24H,13-14H2,(H,29,35)(H,33,34)/t24-/m0/s1. The van der Waals surface area contributed by atoms with Gasteiger partial charge in [0.1, 0.15) is 30.0 Å². The zero-order chi connectivity index (χ0) is 25.2. The first kappa shape index (κ1) is 23.2. The molecular formula is C26H20F2N4O4. The van der Waals surface area contributed by atoms with Crippen molar-refractivity contribution in [1.29, 1.82) is 0 Å². The van der Waals surface area contributed by atoms with Gasteiger partial charge in [-0.1, -0.05) is 53.7 Å². The quantitative estimate of drug-likeness (QED) is 0.402. The zero-order valence-corrected chi connectivity index (χ0v) is 18.8. The third-order valence-electron chi connectivity index (χ3n) is 6.05. The molecule has 4 aromatic rings. The molecule has 1 aliphatic carbocycles. The van der Waals surface area contributed by atoms with E-state index < -0.39 is 29.7 Å². The minimum atomic E-state index is -1.38. The van der Waals surface area contributed by atoms with Gasteiger partial charge in [-0.2, -0.15) is 0 Å². The van der Waals surface area contributed by atoms with Crippen LogP contribution in [-0.4, -0.2) is 44.8 Å². The number of hydrogen-bond acceptors (Lipinski definition) is 5. The Labute approximate surface area is 204 Å². The van der Waals surface area contributed by atoms with Crippen LogP contribution in [0, 0.1) is 11.6 Å². The molecule has 0 aliphatic heterocycles. The fourth-order valence-corrected chi connectivity index (χ4v) is 4.36. The van der Waals surface area contributed by atoms with Crippen molar-refractivity contribution in [2.75, 3.05) is 6.61 Å². The number of carboxylic acid groups (broad SMARTS) is 1. The minimum Gasteiger partial charge on any atom is -0.480 e. The van der Waals surface area contributed by atoms with Gasteiger partial charge < -0.3 is 15.2 Å². The largest absolute Gasteiger partial charge is 0.480 e. The van der Waals surface area contributed by atoms with Gasteiger partial charge >= 0.3 is 12.1 Å². The zero-order valence-electron chi connectivity index (χ0n) is 18.8. The van der Waals surface area contributed by atoms with Crippen molar-refractivity contribution in [3.8, 4) is 22.4 Å². The molecule has 0 saturated carbocycles. The highest BCUT2D eigenvalue weighted by molar-refractivity contribution is 5.81. The molecule has 10 heteroatoms. The van der Waals surface area contributed by atoms with E-state index in [1.807, 2.05) is 48.5 Å². The number of halogens is 2. The first-order chi connectivity index (χ1) is 17.4. The molecule has 0 saturated heterocycles. The molecule has 0 bridgehead atoms. The lowest BCUT2D eigenvalue weighted by Gasteiger charge is -2.17. The highest BCUT2D eigenvalue weighted by Crippen LogP contribution is 2.44. The van der Waals surface area contributed by atoms with E-state index in [0.29, 0.717) is 6.07 Å². The predicted octanol–water partition coefficient (Wildman–Crippen LogP) is 4.22. The fraction of sp³-hybridized carbons (Fsp3) is 0.154. The van der Waals surface area contributed by atoms with Crippen LogP contribution in [0.25, 0.3) is 22.4 Å². The van der Waals surface area contributed by atoms with Gasteiger partial charge in [0.05, 0.1) is 12.7 Å². The Kier molecular flexibility index (Phi) is 6.16. The van der Waals surface area contributed by atoms with Crippen LogP contribution in [0.2, 0.25) is 0 Å². The monoisotopic (exact) mass is 490 g/mol. The summed E-state index contributed by atoms with van der Waals surface area (Å²) in [4.78, 5) is 24.3. The van der Waals surface area contributed by atoms with Crippen molar-refractivity contribution in [3.05, 3.63) is 95.7 Å². The Morgan fingerprint density at radius 1 is 1.00 bits per heavy atom. The van der Waals surface area contributed by atoms with Crippen LogP contribution in [-0.2, 0) is 16.1 Å². The van der Waals surface area contributed by atoms with Gasteiger partial charge in [0.25, 0.3) is 0 Å². The molecule has 0 radical (unpaired) electrons. The predicted molar refractivity (Wildman–Crippen MR) is 125 cm³/mol. The van der Waals surface area contributed by atoms with Crippen molar-refractivity contribution in [2.45, 2.75) is 18.5 Å². The van der Waals surface area contributed by atoms with Crippen LogP contribution >= 0.6 is 0 Å². The molecule has 182 valence electrons. The SMILES string of the molecule is O=C(N[C@@H](Cn1cc(-c2ccc(F)cc2F)nn1)C(=O)O)OCC1c2ccccc2-c2ccccc21. The van der Waals surface area contributed by atoms with Gasteiger partial charge in [-0.25, -0.2) is 23.1 Å². The van der Waals surface area contributed by atoms with Gasteiger partial charge in [-0.3, -0.25) is 0 Å². The Morgan fingerprint density at radius 3 is 2.31 bits per heavy atom. The topological polar surface area (TPSA) is 106 Å². The Hall–Kier alpha value is -4.60. The van der Waals surface area contributed by atoms with E-state index >= 15 is 0 Å². The van der Waals surface area contributed by atoms with E-state index in [2.05, 4.69) is 15.6 Å². The maximum Gasteiger partial charge on any atom is 0.407 e. The Balaban J connectivity index is 1.24. The second-order valence-electron chi connectivity index (χ2n) is 8.31. The van der Waals surface area contributed by atoms with Gasteiger partial charge in [0.15, 0.2) is 0 Å². The number of aromatic nitrogens is 3. The summed E-state index contributed by atoms with van der Waals surface area (Å²) in [7, 11) is 0. The highest BCUT2D eigenvalue weighted by Gasteiger charge is 2.30. The number of fused-ring (bicyclic) bond motifs is 3. The van der Waals surface area contributed by atoms with Crippen LogP contribution in [0.3, 0.4) is 0 Å². The summed E-state index contributed by atoms with van der Waals surface area (Å²) in [5, 5.41) is 19.5. The van der Waals surface area contributed by atoms with Crippen LogP contribution in [0.15, 0.2) is 72.9 Å². The summed E-state index contributed by atoms with van der Waals surface area (Å²) < 4.78 is 33.8. The fourth-order valence-electron chi connectivity index (χ4n) is 4.36. The molecule has 5 rings (SSSR count). The summed E-state index contributed by atoms with van der Waals surface area (Å²) in [5.41, 5.74) is 4.32. The molecule has 1 aromatic heterocycles. The third-order valence-corrected chi connectivity index (χ3v) is 6.05. The van der Waals surface area contributed by atoms with Gasteiger partial charge in [-0.15, -0.1) is 5.10 Å². The number of ether oxygens (including phenoxy) is 1. The lowest BCUT2D eigenvalue weighted by molar-refractivity contribution is -0.139. The van der Waals surface area contributed by atoms with E-state index in [1.54, 1.807) is 0 Å². The van der Waals surface area contributed by atoms with Crippen molar-refractivity contribution >= 4 is 12.1 Å². The number of carbonyl (C=O) groups excluding carboxylic acids is 1. The number of nitrogens with zero attached hydrogens (tertiary/aromatic N) is 3. The number of aliphatic carboxylic acids is 1. The normalized spacial score (nSPS) is 13.1. The number of amides is 1. The van der Waals surface area contributed by atoms with Crippen LogP contribution in [0.4, 0.5) is 13.6 Å². The lowest BCUT2D eigenvalue weighted by atomic mass is 9.98. The maximum absolute atomic E-state index is 14.0. The van der Waals surface area contributed by atoms with Crippen LogP contribution in [0.1, 0.15) is 17.0 Å². The number of benzene rings is 3. The highest BCUT2D eigenvalue weighted by atomic mass is 19.1. The summed E-state index contributed by atoms with van der Waals surface area (Å²) >= 11 is 0. The molecule has 1 aliphatic rings. The molecule has 1 atom stereocenters. The first-order valence-electron chi connectivity index (χ1n) is 11.1. The molecule has 3 aromatic carbocycles. The van der Waals surface area contributed by atoms with E-state index in [-0.39, 0.29) is 30.3 Å². The first-order valence-corrected chi connectivity index (χ1v) is 11.1. The Morgan fingerprint density at radius 2 is 1.67 bits per heavy atom. The number of hydrogen-bond donors (Lipinski definition) is 2. The summed E-state index contributed by atoms with van der Waals surface area (Å²) in [6.45, 7) is -0.251. The van der Waals surface area contributed by atoms with Crippen molar-refractivity contribution in [2.24, 2.45) is 0 Å². The van der Waals surface area contributed by atoms with E-state index in [9.17, 15) is 23.5 Å². The number of nitrogens with one attached hydrogen (secondary N) is 1. The number of rotatable bonds is 7. The van der Waals surface area contributed by atoms with E-state index in [1.165, 1.54) is 12.3 Å². The summed E-state index contributed by atoms with van der Waals surface area (Å²) in [6.07, 6.45) is 0.417. The van der Waals surface area contributed by atoms with Crippen molar-refractivity contribution in [3.63, 3.8) is 0 Å². The summed E-state index contributed by atoms with van der Waals surface area (Å²) in [5.74, 6) is -3.04. The number of carbonyl (C=O) groups is 2. The molecule has 36 heavy (non-hydrogen) atoms. The number of carboxylic acids is 1. The van der Waals surface area contributed by atoms with E-state index in [0.717, 1.165) is 33.0 Å². The smallest absolute Gasteiger partial charge is 0.407 e. The average Bonchev–Trinajstić information content (AvgIpc) is 3.45. The molecule has 0 spiro atoms. The second kappa shape index (κ2) is 9.57. The van der Waals surface area contributed by atoms with Gasteiger partial charge in [-0.05, 0) is 34.4 Å². The third kappa shape index (κ3) is 4.52. The molecule has 1 amide bonds. The maximum atomic E-state index is 14.0.